The van der Waals surface area contributed by atoms with Crippen LogP contribution in [0.2, 0.25) is 0 Å². The molecule has 1 aromatic rings. The number of aryl methyl sites for hydroxylation is 1. The maximum Gasteiger partial charge on any atom is 0.123 e. The normalized spacial score (nSPS) is 12.1. The van der Waals surface area contributed by atoms with Gasteiger partial charge in [0, 0.05) is 5.56 Å². The van der Waals surface area contributed by atoms with Crippen LogP contribution >= 0.6 is 0 Å². The fourth-order valence-electron chi connectivity index (χ4n) is 1.96. The third kappa shape index (κ3) is 3.13. The fraction of sp³-hybridized carbons (Fsp3) is 0.467. The van der Waals surface area contributed by atoms with Crippen LogP contribution in [0.4, 0.5) is 0 Å². The zero-order chi connectivity index (χ0) is 12.2. The van der Waals surface area contributed by atoms with Gasteiger partial charge in [-0.05, 0) is 30.9 Å². The second kappa shape index (κ2) is 5.20. The summed E-state index contributed by atoms with van der Waals surface area (Å²) in [5.41, 5.74) is 2.72. The van der Waals surface area contributed by atoms with Gasteiger partial charge in [-0.15, -0.1) is 0 Å². The topological polar surface area (TPSA) is 9.23 Å². The molecule has 0 unspecified atom stereocenters. The van der Waals surface area contributed by atoms with Crippen LogP contribution < -0.4 is 4.74 Å². The van der Waals surface area contributed by atoms with Crippen LogP contribution in [0.5, 0.6) is 5.75 Å². The van der Waals surface area contributed by atoms with Crippen LogP contribution in [0.3, 0.4) is 0 Å². The van der Waals surface area contributed by atoms with E-state index in [2.05, 4.69) is 45.9 Å². The van der Waals surface area contributed by atoms with Crippen molar-refractivity contribution in [1.29, 1.82) is 0 Å². The van der Waals surface area contributed by atoms with E-state index in [9.17, 15) is 0 Å². The van der Waals surface area contributed by atoms with E-state index in [4.69, 9.17) is 4.74 Å². The van der Waals surface area contributed by atoms with E-state index >= 15 is 0 Å². The summed E-state index contributed by atoms with van der Waals surface area (Å²) in [5, 5.41) is 0. The highest BCUT2D eigenvalue weighted by atomic mass is 16.5. The third-order valence-corrected chi connectivity index (χ3v) is 2.56. The summed E-state index contributed by atoms with van der Waals surface area (Å²) in [6.07, 6.45) is 4.03. The molecule has 1 heteroatoms. The molecule has 0 aliphatic heterocycles. The van der Waals surface area contributed by atoms with E-state index < -0.39 is 0 Å². The fourth-order valence-corrected chi connectivity index (χ4v) is 1.96. The van der Waals surface area contributed by atoms with Crippen molar-refractivity contribution >= 4 is 0 Å². The zero-order valence-electron chi connectivity index (χ0n) is 11.0. The van der Waals surface area contributed by atoms with E-state index in [1.807, 2.05) is 19.1 Å². The second-order valence-corrected chi connectivity index (χ2v) is 5.08. The summed E-state index contributed by atoms with van der Waals surface area (Å²) in [5.74, 6) is 1.01. The maximum atomic E-state index is 5.80. The lowest BCUT2D eigenvalue weighted by Gasteiger charge is -2.24. The lowest BCUT2D eigenvalue weighted by Crippen LogP contribution is -2.15. The Kier molecular flexibility index (Phi) is 4.17. The van der Waals surface area contributed by atoms with Gasteiger partial charge in [0.2, 0.25) is 0 Å². The average molecular weight is 218 g/mol. The van der Waals surface area contributed by atoms with E-state index in [1.54, 1.807) is 0 Å². The molecule has 0 aromatic heterocycles. The Labute approximate surface area is 99.1 Å². The van der Waals surface area contributed by atoms with Crippen LogP contribution in [0.1, 0.15) is 38.8 Å². The van der Waals surface area contributed by atoms with Crippen molar-refractivity contribution in [2.24, 2.45) is 0 Å². The predicted molar refractivity (Wildman–Crippen MR) is 70.2 cm³/mol. The maximum absolute atomic E-state index is 5.80. The molecule has 0 saturated carbocycles. The number of hydrogen-bond donors (Lipinski definition) is 0. The number of rotatable bonds is 3. The van der Waals surface area contributed by atoms with Gasteiger partial charge in [0.05, 0.1) is 0 Å². The van der Waals surface area contributed by atoms with Crippen LogP contribution in [0.15, 0.2) is 30.4 Å². The molecular weight excluding hydrogens is 196 g/mol. The molecule has 88 valence electrons. The Bertz CT molecular complexity index is 370. The highest BCUT2D eigenvalue weighted by Gasteiger charge is 2.20. The molecule has 0 atom stereocenters. The van der Waals surface area contributed by atoms with Crippen molar-refractivity contribution in [3.8, 4) is 5.75 Å². The standard InChI is InChI=1S/C15H22O/c1-6-7-11-16-13-10-8-9-12(2)14(13)15(3,4)5/h6-10H,11H2,1-5H3. The summed E-state index contributed by atoms with van der Waals surface area (Å²) in [6.45, 7) is 11.4. The van der Waals surface area contributed by atoms with Crippen molar-refractivity contribution in [2.45, 2.75) is 40.0 Å². The predicted octanol–water partition coefficient (Wildman–Crippen LogP) is 4.25. The van der Waals surface area contributed by atoms with Crippen molar-refractivity contribution in [1.82, 2.24) is 0 Å². The Morgan fingerprint density at radius 2 is 1.94 bits per heavy atom. The Morgan fingerprint density at radius 3 is 2.50 bits per heavy atom. The minimum atomic E-state index is 0.122. The van der Waals surface area contributed by atoms with Gasteiger partial charge in [0.25, 0.3) is 0 Å². The summed E-state index contributed by atoms with van der Waals surface area (Å²) in [4.78, 5) is 0. The number of allylic oxidation sites excluding steroid dienone is 1. The monoisotopic (exact) mass is 218 g/mol. The molecule has 0 aliphatic carbocycles. The first-order valence-corrected chi connectivity index (χ1v) is 5.81. The van der Waals surface area contributed by atoms with Crippen molar-refractivity contribution < 1.29 is 4.74 Å². The number of hydrogen-bond acceptors (Lipinski definition) is 1. The van der Waals surface area contributed by atoms with Gasteiger partial charge in [-0.3, -0.25) is 0 Å². The Balaban J connectivity index is 3.04. The van der Waals surface area contributed by atoms with Crippen LogP contribution in [-0.4, -0.2) is 6.61 Å². The molecule has 0 heterocycles. The van der Waals surface area contributed by atoms with Crippen molar-refractivity contribution in [3.05, 3.63) is 41.5 Å². The minimum absolute atomic E-state index is 0.122. The van der Waals surface area contributed by atoms with Gasteiger partial charge in [-0.2, -0.15) is 0 Å². The molecule has 1 aromatic carbocycles. The van der Waals surface area contributed by atoms with Crippen molar-refractivity contribution in [3.63, 3.8) is 0 Å². The second-order valence-electron chi connectivity index (χ2n) is 5.08. The minimum Gasteiger partial charge on any atom is -0.489 e. The smallest absolute Gasteiger partial charge is 0.123 e. The van der Waals surface area contributed by atoms with Crippen LogP contribution in [-0.2, 0) is 5.41 Å². The first-order valence-electron chi connectivity index (χ1n) is 5.81. The molecule has 0 bridgehead atoms. The SMILES string of the molecule is CC=CCOc1cccc(C)c1C(C)(C)C. The lowest BCUT2D eigenvalue weighted by atomic mass is 9.83. The molecule has 0 saturated heterocycles. The van der Waals surface area contributed by atoms with Gasteiger partial charge in [0.1, 0.15) is 12.4 Å². The van der Waals surface area contributed by atoms with Gasteiger partial charge in [0.15, 0.2) is 0 Å². The number of benzene rings is 1. The Morgan fingerprint density at radius 1 is 1.25 bits per heavy atom. The van der Waals surface area contributed by atoms with Gasteiger partial charge < -0.3 is 4.74 Å². The summed E-state index contributed by atoms with van der Waals surface area (Å²) < 4.78 is 5.80. The van der Waals surface area contributed by atoms with E-state index in [1.165, 1.54) is 11.1 Å². The first kappa shape index (κ1) is 12.8. The molecule has 0 amide bonds. The summed E-state index contributed by atoms with van der Waals surface area (Å²) in [6, 6.07) is 6.25. The third-order valence-electron chi connectivity index (χ3n) is 2.56. The molecule has 0 N–H and O–H groups in total. The molecule has 0 fully saturated rings. The molecule has 1 nitrogen and oxygen atoms in total. The summed E-state index contributed by atoms with van der Waals surface area (Å²) >= 11 is 0. The highest BCUT2D eigenvalue weighted by molar-refractivity contribution is 5.44. The van der Waals surface area contributed by atoms with Gasteiger partial charge in [-0.1, -0.05) is 45.1 Å². The molecule has 16 heavy (non-hydrogen) atoms. The molecular formula is C15H22O. The molecule has 0 spiro atoms. The van der Waals surface area contributed by atoms with Crippen molar-refractivity contribution in [2.75, 3.05) is 6.61 Å². The lowest BCUT2D eigenvalue weighted by molar-refractivity contribution is 0.350. The highest BCUT2D eigenvalue weighted by Crippen LogP contribution is 2.33. The molecule has 0 aliphatic rings. The van der Waals surface area contributed by atoms with Gasteiger partial charge in [-0.25, -0.2) is 0 Å². The zero-order valence-corrected chi connectivity index (χ0v) is 11.0. The van der Waals surface area contributed by atoms with E-state index in [0.29, 0.717) is 6.61 Å². The van der Waals surface area contributed by atoms with Crippen LogP contribution in [0.25, 0.3) is 0 Å². The average Bonchev–Trinajstić information content (AvgIpc) is 2.16. The molecule has 0 radical (unpaired) electrons. The Hall–Kier alpha value is -1.24. The van der Waals surface area contributed by atoms with E-state index in [-0.39, 0.29) is 5.41 Å². The summed E-state index contributed by atoms with van der Waals surface area (Å²) in [7, 11) is 0. The number of ether oxygens (including phenoxy) is 1. The largest absolute Gasteiger partial charge is 0.489 e. The van der Waals surface area contributed by atoms with Gasteiger partial charge >= 0.3 is 0 Å². The molecule has 1 rings (SSSR count). The van der Waals surface area contributed by atoms with E-state index in [0.717, 1.165) is 5.75 Å². The first-order chi connectivity index (χ1) is 7.46. The van der Waals surface area contributed by atoms with Crippen LogP contribution in [0, 0.1) is 6.92 Å². The quantitative estimate of drug-likeness (QED) is 0.689.